The maximum atomic E-state index is 3.47. The monoisotopic (exact) mass is 260 g/mol. The fraction of sp³-hybridized carbons (Fsp3) is 0.647. The van der Waals surface area contributed by atoms with Crippen LogP contribution in [0.25, 0.3) is 0 Å². The SMILES string of the molecule is CCCNCc1ccc(N2CC(C)C(C)C2)c(C)c1. The van der Waals surface area contributed by atoms with Crippen molar-refractivity contribution in [2.24, 2.45) is 11.8 Å². The molecule has 0 bridgehead atoms. The van der Waals surface area contributed by atoms with Crippen LogP contribution in [0, 0.1) is 18.8 Å². The minimum absolute atomic E-state index is 0.810. The molecule has 0 saturated carbocycles. The van der Waals surface area contributed by atoms with Crippen LogP contribution >= 0.6 is 0 Å². The Morgan fingerprint density at radius 3 is 2.47 bits per heavy atom. The highest BCUT2D eigenvalue weighted by Gasteiger charge is 2.26. The van der Waals surface area contributed by atoms with E-state index in [0.717, 1.165) is 24.9 Å². The highest BCUT2D eigenvalue weighted by atomic mass is 15.2. The molecule has 2 atom stereocenters. The molecule has 1 N–H and O–H groups in total. The van der Waals surface area contributed by atoms with Gasteiger partial charge in [-0.2, -0.15) is 0 Å². The van der Waals surface area contributed by atoms with E-state index in [1.807, 2.05) is 0 Å². The first-order valence-corrected chi connectivity index (χ1v) is 7.67. The molecule has 0 radical (unpaired) electrons. The van der Waals surface area contributed by atoms with Crippen LogP contribution < -0.4 is 10.2 Å². The Bertz CT molecular complexity index is 404. The molecular formula is C17H28N2. The van der Waals surface area contributed by atoms with Crippen molar-refractivity contribution in [3.05, 3.63) is 29.3 Å². The van der Waals surface area contributed by atoms with Crippen LogP contribution in [0.2, 0.25) is 0 Å². The number of rotatable bonds is 5. The van der Waals surface area contributed by atoms with Crippen molar-refractivity contribution in [2.45, 2.75) is 40.7 Å². The Morgan fingerprint density at radius 1 is 1.21 bits per heavy atom. The second-order valence-electron chi connectivity index (χ2n) is 6.16. The minimum Gasteiger partial charge on any atom is -0.371 e. The molecule has 1 heterocycles. The van der Waals surface area contributed by atoms with Gasteiger partial charge in [0.15, 0.2) is 0 Å². The lowest BCUT2D eigenvalue weighted by atomic mass is 10.0. The summed E-state index contributed by atoms with van der Waals surface area (Å²) >= 11 is 0. The van der Waals surface area contributed by atoms with Crippen molar-refractivity contribution in [2.75, 3.05) is 24.5 Å². The van der Waals surface area contributed by atoms with Crippen LogP contribution in [0.4, 0.5) is 5.69 Å². The lowest BCUT2D eigenvalue weighted by molar-refractivity contribution is 0.494. The molecule has 1 saturated heterocycles. The highest BCUT2D eigenvalue weighted by molar-refractivity contribution is 5.55. The van der Waals surface area contributed by atoms with E-state index >= 15 is 0 Å². The molecule has 1 fully saturated rings. The highest BCUT2D eigenvalue weighted by Crippen LogP contribution is 2.30. The van der Waals surface area contributed by atoms with Crippen molar-refractivity contribution in [3.8, 4) is 0 Å². The second kappa shape index (κ2) is 6.42. The maximum absolute atomic E-state index is 3.47. The number of anilines is 1. The molecule has 0 spiro atoms. The standard InChI is InChI=1S/C17H28N2/c1-5-8-18-10-16-6-7-17(13(2)9-16)19-11-14(3)15(4)12-19/h6-7,9,14-15,18H,5,8,10-12H2,1-4H3. The third-order valence-electron chi connectivity index (χ3n) is 4.35. The average Bonchev–Trinajstić information content (AvgIpc) is 2.70. The summed E-state index contributed by atoms with van der Waals surface area (Å²) in [6.45, 7) is 13.7. The lowest BCUT2D eigenvalue weighted by Gasteiger charge is -2.21. The van der Waals surface area contributed by atoms with Crippen molar-refractivity contribution in [3.63, 3.8) is 0 Å². The third kappa shape index (κ3) is 3.50. The van der Waals surface area contributed by atoms with Gasteiger partial charge in [0, 0.05) is 25.3 Å². The van der Waals surface area contributed by atoms with Gasteiger partial charge >= 0.3 is 0 Å². The van der Waals surface area contributed by atoms with Crippen molar-refractivity contribution < 1.29 is 0 Å². The lowest BCUT2D eigenvalue weighted by Crippen LogP contribution is -2.21. The molecule has 0 aliphatic carbocycles. The number of aryl methyl sites for hydroxylation is 1. The Hall–Kier alpha value is -1.02. The van der Waals surface area contributed by atoms with Crippen molar-refractivity contribution in [1.82, 2.24) is 5.32 Å². The molecule has 1 aliphatic heterocycles. The van der Waals surface area contributed by atoms with E-state index in [9.17, 15) is 0 Å². The molecule has 2 nitrogen and oxygen atoms in total. The van der Waals surface area contributed by atoms with Gasteiger partial charge in [-0.25, -0.2) is 0 Å². The summed E-state index contributed by atoms with van der Waals surface area (Å²) in [5.74, 6) is 1.62. The quantitative estimate of drug-likeness (QED) is 0.814. The van der Waals surface area contributed by atoms with Gasteiger partial charge in [0.25, 0.3) is 0 Å². The van der Waals surface area contributed by atoms with Gasteiger partial charge in [-0.15, -0.1) is 0 Å². The van der Waals surface area contributed by atoms with Gasteiger partial charge in [0.1, 0.15) is 0 Å². The molecular weight excluding hydrogens is 232 g/mol. The van der Waals surface area contributed by atoms with Crippen LogP contribution in [0.3, 0.4) is 0 Å². The first-order valence-electron chi connectivity index (χ1n) is 7.67. The van der Waals surface area contributed by atoms with Crippen LogP contribution in [0.1, 0.15) is 38.3 Å². The van der Waals surface area contributed by atoms with E-state index < -0.39 is 0 Å². The number of nitrogens with one attached hydrogen (secondary N) is 1. The summed E-state index contributed by atoms with van der Waals surface area (Å²) in [6, 6.07) is 6.92. The number of nitrogens with zero attached hydrogens (tertiary/aromatic N) is 1. The van der Waals surface area contributed by atoms with Crippen molar-refractivity contribution in [1.29, 1.82) is 0 Å². The molecule has 106 valence electrons. The summed E-state index contributed by atoms with van der Waals surface area (Å²) in [5, 5.41) is 3.47. The summed E-state index contributed by atoms with van der Waals surface area (Å²) in [5.41, 5.74) is 4.24. The first-order chi connectivity index (χ1) is 9.11. The number of hydrogen-bond donors (Lipinski definition) is 1. The third-order valence-corrected chi connectivity index (χ3v) is 4.35. The molecule has 1 aliphatic rings. The zero-order chi connectivity index (χ0) is 13.8. The van der Waals surface area contributed by atoms with Gasteiger partial charge < -0.3 is 10.2 Å². The fourth-order valence-corrected chi connectivity index (χ4v) is 2.92. The zero-order valence-electron chi connectivity index (χ0n) is 12.9. The van der Waals surface area contributed by atoms with Gasteiger partial charge in [0.2, 0.25) is 0 Å². The van der Waals surface area contributed by atoms with E-state index in [1.54, 1.807) is 0 Å². The summed E-state index contributed by atoms with van der Waals surface area (Å²) in [7, 11) is 0. The van der Waals surface area contributed by atoms with Gasteiger partial charge in [0.05, 0.1) is 0 Å². The predicted molar refractivity (Wildman–Crippen MR) is 83.7 cm³/mol. The largest absolute Gasteiger partial charge is 0.371 e. The Kier molecular flexibility index (Phi) is 4.87. The zero-order valence-corrected chi connectivity index (χ0v) is 12.9. The fourth-order valence-electron chi connectivity index (χ4n) is 2.92. The van der Waals surface area contributed by atoms with E-state index in [0.29, 0.717) is 0 Å². The molecule has 2 heteroatoms. The van der Waals surface area contributed by atoms with Crippen LogP contribution in [0.15, 0.2) is 18.2 Å². The minimum atomic E-state index is 0.810. The second-order valence-corrected chi connectivity index (χ2v) is 6.16. The molecule has 0 amide bonds. The van der Waals surface area contributed by atoms with Crippen molar-refractivity contribution >= 4 is 5.69 Å². The first kappa shape index (κ1) is 14.4. The predicted octanol–water partition coefficient (Wildman–Crippen LogP) is 3.59. The average molecular weight is 260 g/mol. The summed E-state index contributed by atoms with van der Waals surface area (Å²) < 4.78 is 0. The number of benzene rings is 1. The topological polar surface area (TPSA) is 15.3 Å². The van der Waals surface area contributed by atoms with Crippen LogP contribution in [-0.4, -0.2) is 19.6 Å². The van der Waals surface area contributed by atoms with E-state index in [2.05, 4.69) is 56.1 Å². The van der Waals surface area contributed by atoms with E-state index in [1.165, 1.54) is 36.3 Å². The van der Waals surface area contributed by atoms with Crippen LogP contribution in [0.5, 0.6) is 0 Å². The molecule has 0 aromatic heterocycles. The van der Waals surface area contributed by atoms with Gasteiger partial charge in [-0.3, -0.25) is 0 Å². The Morgan fingerprint density at radius 2 is 1.89 bits per heavy atom. The molecule has 19 heavy (non-hydrogen) atoms. The molecule has 1 aromatic carbocycles. The molecule has 2 unspecified atom stereocenters. The van der Waals surface area contributed by atoms with E-state index in [-0.39, 0.29) is 0 Å². The van der Waals surface area contributed by atoms with Gasteiger partial charge in [-0.1, -0.05) is 32.9 Å². The molecule has 2 rings (SSSR count). The summed E-state index contributed by atoms with van der Waals surface area (Å²) in [4.78, 5) is 2.55. The maximum Gasteiger partial charge on any atom is 0.0396 e. The smallest absolute Gasteiger partial charge is 0.0396 e. The molecule has 1 aromatic rings. The van der Waals surface area contributed by atoms with Crippen LogP contribution in [-0.2, 0) is 6.54 Å². The summed E-state index contributed by atoms with van der Waals surface area (Å²) in [6.07, 6.45) is 1.20. The van der Waals surface area contributed by atoms with Gasteiger partial charge in [-0.05, 0) is 48.9 Å². The normalized spacial score (nSPS) is 23.1. The van der Waals surface area contributed by atoms with E-state index in [4.69, 9.17) is 0 Å². The number of hydrogen-bond acceptors (Lipinski definition) is 2. The Balaban J connectivity index is 2.03. The Labute approximate surface area is 118 Å².